The molecule has 0 aliphatic rings. The monoisotopic (exact) mass is 328 g/mol. The van der Waals surface area contributed by atoms with Crippen molar-refractivity contribution in [3.63, 3.8) is 0 Å². The number of rotatable bonds is 5. The maximum absolute atomic E-state index is 11.9. The lowest BCUT2D eigenvalue weighted by Crippen LogP contribution is -2.31. The number of nitrogens with zero attached hydrogens (tertiary/aromatic N) is 2. The summed E-state index contributed by atoms with van der Waals surface area (Å²) in [6.45, 7) is 2.29. The van der Waals surface area contributed by atoms with Crippen LogP contribution in [0.3, 0.4) is 0 Å². The number of aromatic nitrogens is 3. The molecular formula is C16H16N4O4. The third-order valence-electron chi connectivity index (χ3n) is 3.58. The molecule has 3 rings (SSSR count). The molecule has 0 fully saturated rings. The summed E-state index contributed by atoms with van der Waals surface area (Å²) < 4.78 is 6.84. The maximum Gasteiger partial charge on any atom is 0.328 e. The van der Waals surface area contributed by atoms with Gasteiger partial charge in [-0.05, 0) is 18.6 Å². The minimum atomic E-state index is -0.537. The number of carbonyl (C=O) groups excluding carboxylic acids is 1. The van der Waals surface area contributed by atoms with Crippen molar-refractivity contribution >= 4 is 17.0 Å². The molecule has 0 aliphatic carbocycles. The molecule has 8 heteroatoms. The Morgan fingerprint density at radius 3 is 2.92 bits per heavy atom. The third-order valence-corrected chi connectivity index (χ3v) is 3.58. The molecular weight excluding hydrogens is 312 g/mol. The summed E-state index contributed by atoms with van der Waals surface area (Å²) in [5.74, 6) is 0.181. The van der Waals surface area contributed by atoms with E-state index >= 15 is 0 Å². The number of carbonyl (C=O) groups is 1. The van der Waals surface area contributed by atoms with Crippen molar-refractivity contribution in [1.82, 2.24) is 19.9 Å². The zero-order valence-electron chi connectivity index (χ0n) is 13.0. The van der Waals surface area contributed by atoms with Crippen LogP contribution in [0.4, 0.5) is 0 Å². The molecule has 0 radical (unpaired) electrons. The molecule has 24 heavy (non-hydrogen) atoms. The minimum absolute atomic E-state index is 0.102. The number of benzene rings is 1. The number of oxazole rings is 1. The predicted molar refractivity (Wildman–Crippen MR) is 86.5 cm³/mol. The summed E-state index contributed by atoms with van der Waals surface area (Å²) in [6.07, 6.45) is 1.46. The number of aryl methyl sites for hydroxylation is 2. The van der Waals surface area contributed by atoms with E-state index in [9.17, 15) is 14.4 Å². The molecule has 0 atom stereocenters. The van der Waals surface area contributed by atoms with Crippen molar-refractivity contribution in [2.45, 2.75) is 26.4 Å². The van der Waals surface area contributed by atoms with Crippen LogP contribution < -0.4 is 16.6 Å². The SMILES string of the molecule is Cc1cccc2oc(CNC(=O)CCn3ccc(=O)[nH]c3=O)nc12. The van der Waals surface area contributed by atoms with Crippen LogP contribution in [0.2, 0.25) is 0 Å². The average Bonchev–Trinajstić information content (AvgIpc) is 2.97. The van der Waals surface area contributed by atoms with Crippen molar-refractivity contribution in [1.29, 1.82) is 0 Å². The van der Waals surface area contributed by atoms with Crippen LogP contribution in [0.5, 0.6) is 0 Å². The summed E-state index contributed by atoms with van der Waals surface area (Å²) in [4.78, 5) is 40.9. The second kappa shape index (κ2) is 6.53. The van der Waals surface area contributed by atoms with Crippen LogP contribution in [0.25, 0.3) is 11.1 Å². The fraction of sp³-hybridized carbons (Fsp3) is 0.250. The number of hydrogen-bond acceptors (Lipinski definition) is 5. The zero-order chi connectivity index (χ0) is 17.1. The van der Waals surface area contributed by atoms with Gasteiger partial charge in [-0.3, -0.25) is 14.6 Å². The van der Waals surface area contributed by atoms with Gasteiger partial charge in [0.1, 0.15) is 5.52 Å². The standard InChI is InChI=1S/C16H16N4O4/c1-10-3-2-4-11-15(10)19-14(24-11)9-17-12(21)5-7-20-8-6-13(22)18-16(20)23/h2-4,6,8H,5,7,9H2,1H3,(H,17,21)(H,18,22,23). The van der Waals surface area contributed by atoms with Crippen molar-refractivity contribution in [2.24, 2.45) is 0 Å². The maximum atomic E-state index is 11.9. The highest BCUT2D eigenvalue weighted by molar-refractivity contribution is 5.77. The van der Waals surface area contributed by atoms with Gasteiger partial charge in [0, 0.05) is 25.2 Å². The van der Waals surface area contributed by atoms with Gasteiger partial charge in [-0.2, -0.15) is 0 Å². The van der Waals surface area contributed by atoms with Crippen LogP contribution in [0.1, 0.15) is 17.9 Å². The van der Waals surface area contributed by atoms with Gasteiger partial charge in [-0.15, -0.1) is 0 Å². The first kappa shape index (κ1) is 15.7. The van der Waals surface area contributed by atoms with Gasteiger partial charge in [0.2, 0.25) is 11.8 Å². The molecule has 0 bridgehead atoms. The van der Waals surface area contributed by atoms with Gasteiger partial charge in [-0.25, -0.2) is 9.78 Å². The van der Waals surface area contributed by atoms with Gasteiger partial charge >= 0.3 is 5.69 Å². The van der Waals surface area contributed by atoms with Crippen molar-refractivity contribution in [3.8, 4) is 0 Å². The molecule has 0 spiro atoms. The van der Waals surface area contributed by atoms with Crippen LogP contribution in [-0.2, 0) is 17.9 Å². The molecule has 2 heterocycles. The lowest BCUT2D eigenvalue weighted by molar-refractivity contribution is -0.121. The Bertz CT molecular complexity index is 999. The number of aromatic amines is 1. The summed E-state index contributed by atoms with van der Waals surface area (Å²) in [5, 5.41) is 2.70. The molecule has 2 aromatic heterocycles. The van der Waals surface area contributed by atoms with Gasteiger partial charge in [0.15, 0.2) is 5.58 Å². The number of para-hydroxylation sites is 1. The number of H-pyrrole nitrogens is 1. The Balaban J connectivity index is 1.57. The normalized spacial score (nSPS) is 10.9. The Kier molecular flexibility index (Phi) is 4.28. The highest BCUT2D eigenvalue weighted by Gasteiger charge is 2.09. The highest BCUT2D eigenvalue weighted by atomic mass is 16.3. The van der Waals surface area contributed by atoms with E-state index in [1.165, 1.54) is 16.8 Å². The molecule has 1 amide bonds. The molecule has 0 unspecified atom stereocenters. The topological polar surface area (TPSA) is 110 Å². The van der Waals surface area contributed by atoms with Crippen molar-refractivity contribution in [2.75, 3.05) is 0 Å². The Morgan fingerprint density at radius 2 is 2.17 bits per heavy atom. The lowest BCUT2D eigenvalue weighted by Gasteiger charge is -2.04. The molecule has 3 aromatic rings. The van der Waals surface area contributed by atoms with E-state index in [1.807, 2.05) is 25.1 Å². The summed E-state index contributed by atoms with van der Waals surface area (Å²) in [6, 6.07) is 6.88. The highest BCUT2D eigenvalue weighted by Crippen LogP contribution is 2.18. The Hall–Kier alpha value is -3.16. The Morgan fingerprint density at radius 1 is 1.33 bits per heavy atom. The quantitative estimate of drug-likeness (QED) is 0.716. The second-order valence-corrected chi connectivity index (χ2v) is 5.36. The van der Waals surface area contributed by atoms with E-state index in [0.29, 0.717) is 11.5 Å². The summed E-state index contributed by atoms with van der Waals surface area (Å²) in [5.41, 5.74) is 1.46. The van der Waals surface area contributed by atoms with Gasteiger partial charge in [0.25, 0.3) is 5.56 Å². The van der Waals surface area contributed by atoms with E-state index in [-0.39, 0.29) is 25.4 Å². The number of nitrogens with one attached hydrogen (secondary N) is 2. The van der Waals surface area contributed by atoms with E-state index < -0.39 is 11.2 Å². The fourth-order valence-electron chi connectivity index (χ4n) is 2.31. The Labute approximate surface area is 136 Å². The second-order valence-electron chi connectivity index (χ2n) is 5.36. The van der Waals surface area contributed by atoms with Crippen LogP contribution in [0, 0.1) is 6.92 Å². The van der Waals surface area contributed by atoms with Crippen molar-refractivity contribution in [3.05, 3.63) is 62.8 Å². The first-order chi connectivity index (χ1) is 11.5. The molecule has 2 N–H and O–H groups in total. The average molecular weight is 328 g/mol. The molecule has 8 nitrogen and oxygen atoms in total. The van der Waals surface area contributed by atoms with Gasteiger partial charge in [0.05, 0.1) is 6.54 Å². The van der Waals surface area contributed by atoms with E-state index in [1.54, 1.807) is 0 Å². The molecule has 0 saturated carbocycles. The van der Waals surface area contributed by atoms with E-state index in [4.69, 9.17) is 4.42 Å². The van der Waals surface area contributed by atoms with Crippen LogP contribution in [-0.4, -0.2) is 20.4 Å². The van der Waals surface area contributed by atoms with Crippen molar-refractivity contribution < 1.29 is 9.21 Å². The predicted octanol–water partition coefficient (Wildman–Crippen LogP) is 0.693. The lowest BCUT2D eigenvalue weighted by atomic mass is 10.2. The van der Waals surface area contributed by atoms with Gasteiger partial charge in [-0.1, -0.05) is 12.1 Å². The first-order valence-corrected chi connectivity index (χ1v) is 7.44. The molecule has 1 aromatic carbocycles. The first-order valence-electron chi connectivity index (χ1n) is 7.44. The molecule has 0 aliphatic heterocycles. The van der Waals surface area contributed by atoms with Crippen LogP contribution >= 0.6 is 0 Å². The number of amides is 1. The number of hydrogen-bond donors (Lipinski definition) is 2. The zero-order valence-corrected chi connectivity index (χ0v) is 13.0. The van der Waals surface area contributed by atoms with Crippen LogP contribution in [0.15, 0.2) is 44.5 Å². The van der Waals surface area contributed by atoms with E-state index in [2.05, 4.69) is 15.3 Å². The summed E-state index contributed by atoms with van der Waals surface area (Å²) >= 11 is 0. The number of fused-ring (bicyclic) bond motifs is 1. The molecule has 0 saturated heterocycles. The smallest absolute Gasteiger partial charge is 0.328 e. The minimum Gasteiger partial charge on any atom is -0.439 e. The summed E-state index contributed by atoms with van der Waals surface area (Å²) in [7, 11) is 0. The van der Waals surface area contributed by atoms with E-state index in [0.717, 1.165) is 11.1 Å². The largest absolute Gasteiger partial charge is 0.439 e. The fourth-order valence-corrected chi connectivity index (χ4v) is 2.31. The molecule has 124 valence electrons. The van der Waals surface area contributed by atoms with Gasteiger partial charge < -0.3 is 14.3 Å². The third kappa shape index (κ3) is 3.43.